The van der Waals surface area contributed by atoms with Crippen LogP contribution in [0.25, 0.3) is 0 Å². The molecular weight excluding hydrogens is 362 g/mol. The van der Waals surface area contributed by atoms with Crippen LogP contribution in [0, 0.1) is 5.92 Å². The largest absolute Gasteiger partial charge is 0.496 e. The smallest absolute Gasteiger partial charge is 0.223 e. The Morgan fingerprint density at radius 3 is 2.74 bits per heavy atom. The van der Waals surface area contributed by atoms with Crippen LogP contribution in [0.15, 0.2) is 24.3 Å². The average Bonchev–Trinajstić information content (AvgIpc) is 2.69. The van der Waals surface area contributed by atoms with Gasteiger partial charge in [0, 0.05) is 24.1 Å². The first kappa shape index (κ1) is 22.0. The number of nitrogens with one attached hydrogen (secondary N) is 2. The molecule has 1 aromatic carbocycles. The monoisotopic (exact) mass is 395 g/mol. The Balaban J connectivity index is 0.00000261. The van der Waals surface area contributed by atoms with Crippen LogP contribution in [0.2, 0.25) is 0 Å². The molecule has 0 spiro atoms. The summed E-state index contributed by atoms with van der Waals surface area (Å²) >= 11 is 0. The van der Waals surface area contributed by atoms with Crippen molar-refractivity contribution in [3.63, 3.8) is 0 Å². The molecule has 0 radical (unpaired) electrons. The second-order valence-electron chi connectivity index (χ2n) is 7.68. The minimum atomic E-state index is 0. The Kier molecular flexibility index (Phi) is 8.87. The Labute approximate surface area is 169 Å². The van der Waals surface area contributed by atoms with Gasteiger partial charge in [0.15, 0.2) is 0 Å². The molecule has 0 aromatic heterocycles. The molecule has 0 aliphatic carbocycles. The zero-order valence-corrected chi connectivity index (χ0v) is 17.4. The molecular formula is C21H34ClN3O2. The minimum Gasteiger partial charge on any atom is -0.496 e. The second-order valence-corrected chi connectivity index (χ2v) is 7.68. The summed E-state index contributed by atoms with van der Waals surface area (Å²) in [6, 6.07) is 8.82. The van der Waals surface area contributed by atoms with Crippen LogP contribution in [0.5, 0.6) is 5.75 Å². The van der Waals surface area contributed by atoms with Crippen LogP contribution >= 0.6 is 12.4 Å². The summed E-state index contributed by atoms with van der Waals surface area (Å²) in [6.45, 7) is 5.91. The van der Waals surface area contributed by atoms with Crippen molar-refractivity contribution < 1.29 is 9.53 Å². The van der Waals surface area contributed by atoms with Gasteiger partial charge in [0.05, 0.1) is 13.2 Å². The van der Waals surface area contributed by atoms with Gasteiger partial charge in [0.2, 0.25) is 5.91 Å². The number of carbonyl (C=O) groups excluding carboxylic acids is 1. The number of amides is 1. The van der Waals surface area contributed by atoms with Gasteiger partial charge in [-0.1, -0.05) is 24.6 Å². The molecule has 3 atom stereocenters. The fourth-order valence-electron chi connectivity index (χ4n) is 4.32. The van der Waals surface area contributed by atoms with Gasteiger partial charge in [0.25, 0.3) is 0 Å². The highest BCUT2D eigenvalue weighted by atomic mass is 35.5. The van der Waals surface area contributed by atoms with Crippen molar-refractivity contribution in [2.75, 3.05) is 33.3 Å². The van der Waals surface area contributed by atoms with Gasteiger partial charge in [-0.15, -0.1) is 12.4 Å². The molecule has 2 fully saturated rings. The van der Waals surface area contributed by atoms with Crippen LogP contribution in [-0.4, -0.2) is 50.1 Å². The first-order valence-corrected chi connectivity index (χ1v) is 10.1. The van der Waals surface area contributed by atoms with Gasteiger partial charge >= 0.3 is 0 Å². The lowest BCUT2D eigenvalue weighted by Gasteiger charge is -2.36. The number of hydrogen-bond donors (Lipinski definition) is 2. The lowest BCUT2D eigenvalue weighted by molar-refractivity contribution is -0.126. The number of piperidine rings is 2. The standard InChI is InChI=1S/C21H33N3O2.ClH/c1-16-14-17(10-11-22-16)21(25)23-15-19(24-12-6-3-7-13-24)18-8-4-5-9-20(18)26-2;/h4-5,8-9,16-17,19,22H,3,6-7,10-15H2,1-2H3,(H,23,25);1H/t16-,17-,19?;/m0./s1. The molecule has 0 bridgehead atoms. The fourth-order valence-corrected chi connectivity index (χ4v) is 4.32. The molecule has 152 valence electrons. The van der Waals surface area contributed by atoms with Crippen LogP contribution in [0.3, 0.4) is 0 Å². The predicted octanol–water partition coefficient (Wildman–Crippen LogP) is 3.15. The van der Waals surface area contributed by atoms with Crippen LogP contribution in [0.4, 0.5) is 0 Å². The molecule has 0 saturated carbocycles. The van der Waals surface area contributed by atoms with Gasteiger partial charge in [-0.2, -0.15) is 0 Å². The van der Waals surface area contributed by atoms with Crippen molar-refractivity contribution >= 4 is 18.3 Å². The topological polar surface area (TPSA) is 53.6 Å². The number of para-hydroxylation sites is 1. The van der Waals surface area contributed by atoms with Gasteiger partial charge < -0.3 is 15.4 Å². The summed E-state index contributed by atoms with van der Waals surface area (Å²) in [5.74, 6) is 1.24. The van der Waals surface area contributed by atoms with Gasteiger partial charge in [-0.25, -0.2) is 0 Å². The number of benzene rings is 1. The van der Waals surface area contributed by atoms with Crippen molar-refractivity contribution in [1.82, 2.24) is 15.5 Å². The van der Waals surface area contributed by atoms with Crippen molar-refractivity contribution in [1.29, 1.82) is 0 Å². The van der Waals surface area contributed by atoms with Crippen molar-refractivity contribution in [2.45, 2.75) is 51.1 Å². The van der Waals surface area contributed by atoms with E-state index in [0.29, 0.717) is 12.6 Å². The van der Waals surface area contributed by atoms with E-state index in [4.69, 9.17) is 4.74 Å². The molecule has 1 amide bonds. The number of carbonyl (C=O) groups is 1. The van der Waals surface area contributed by atoms with Crippen molar-refractivity contribution in [3.8, 4) is 5.75 Å². The molecule has 2 heterocycles. The molecule has 3 rings (SSSR count). The molecule has 27 heavy (non-hydrogen) atoms. The first-order valence-electron chi connectivity index (χ1n) is 10.1. The lowest BCUT2D eigenvalue weighted by atomic mass is 9.92. The first-order chi connectivity index (χ1) is 12.7. The van der Waals surface area contributed by atoms with E-state index in [1.807, 2.05) is 12.1 Å². The summed E-state index contributed by atoms with van der Waals surface area (Å²) in [6.07, 6.45) is 5.61. The molecule has 2 aliphatic heterocycles. The summed E-state index contributed by atoms with van der Waals surface area (Å²) in [5, 5.41) is 6.68. The molecule has 2 aliphatic rings. The number of ether oxygens (including phenoxy) is 1. The van der Waals surface area contributed by atoms with Crippen LogP contribution in [-0.2, 0) is 4.79 Å². The van der Waals surface area contributed by atoms with Gasteiger partial charge in [-0.05, 0) is 58.3 Å². The zero-order valence-electron chi connectivity index (χ0n) is 16.6. The maximum atomic E-state index is 12.7. The van der Waals surface area contributed by atoms with Crippen LogP contribution in [0.1, 0.15) is 50.6 Å². The quantitative estimate of drug-likeness (QED) is 0.776. The van der Waals surface area contributed by atoms with Crippen molar-refractivity contribution in [2.24, 2.45) is 5.92 Å². The van der Waals surface area contributed by atoms with E-state index in [-0.39, 0.29) is 30.3 Å². The summed E-state index contributed by atoms with van der Waals surface area (Å²) in [4.78, 5) is 15.2. The Morgan fingerprint density at radius 1 is 1.30 bits per heavy atom. The highest BCUT2D eigenvalue weighted by Gasteiger charge is 2.28. The van der Waals surface area contributed by atoms with Crippen molar-refractivity contribution in [3.05, 3.63) is 29.8 Å². The fraction of sp³-hybridized carbons (Fsp3) is 0.667. The number of methoxy groups -OCH3 is 1. The molecule has 1 unspecified atom stereocenters. The third-order valence-corrected chi connectivity index (χ3v) is 5.79. The number of hydrogen-bond acceptors (Lipinski definition) is 4. The van der Waals surface area contributed by atoms with E-state index < -0.39 is 0 Å². The molecule has 5 nitrogen and oxygen atoms in total. The third-order valence-electron chi connectivity index (χ3n) is 5.79. The maximum absolute atomic E-state index is 12.7. The average molecular weight is 396 g/mol. The van der Waals surface area contributed by atoms with E-state index in [1.165, 1.54) is 24.8 Å². The van der Waals surface area contributed by atoms with E-state index in [2.05, 4.69) is 34.6 Å². The normalized spacial score (nSPS) is 24.5. The number of nitrogens with zero attached hydrogens (tertiary/aromatic N) is 1. The third kappa shape index (κ3) is 5.84. The molecule has 1 aromatic rings. The molecule has 6 heteroatoms. The lowest BCUT2D eigenvalue weighted by Crippen LogP contribution is -2.45. The summed E-state index contributed by atoms with van der Waals surface area (Å²) in [5.41, 5.74) is 1.18. The Morgan fingerprint density at radius 2 is 2.04 bits per heavy atom. The Bertz CT molecular complexity index is 593. The summed E-state index contributed by atoms with van der Waals surface area (Å²) < 4.78 is 5.61. The predicted molar refractivity (Wildman–Crippen MR) is 112 cm³/mol. The van der Waals surface area contributed by atoms with Gasteiger partial charge in [0.1, 0.15) is 5.75 Å². The molecule has 2 N–H and O–H groups in total. The SMILES string of the molecule is COc1ccccc1C(CNC(=O)[C@H]1CCN[C@@H](C)C1)N1CCCCC1.Cl. The second kappa shape index (κ2) is 10.9. The molecule has 2 saturated heterocycles. The number of halogens is 1. The van der Waals surface area contributed by atoms with Gasteiger partial charge in [-0.3, -0.25) is 9.69 Å². The van der Waals surface area contributed by atoms with E-state index in [9.17, 15) is 4.79 Å². The highest BCUT2D eigenvalue weighted by Crippen LogP contribution is 2.31. The van der Waals surface area contributed by atoms with E-state index in [0.717, 1.165) is 38.2 Å². The van der Waals surface area contributed by atoms with E-state index in [1.54, 1.807) is 7.11 Å². The zero-order chi connectivity index (χ0) is 18.4. The van der Waals surface area contributed by atoms with Crippen LogP contribution < -0.4 is 15.4 Å². The Hall–Kier alpha value is -1.30. The number of likely N-dealkylation sites (tertiary alicyclic amines) is 1. The minimum absolute atomic E-state index is 0. The highest BCUT2D eigenvalue weighted by molar-refractivity contribution is 5.85. The summed E-state index contributed by atoms with van der Waals surface area (Å²) in [7, 11) is 1.72. The maximum Gasteiger partial charge on any atom is 0.223 e. The number of rotatable bonds is 6. The van der Waals surface area contributed by atoms with E-state index >= 15 is 0 Å².